The van der Waals surface area contributed by atoms with Crippen molar-refractivity contribution < 1.29 is 9.59 Å². The third-order valence-electron chi connectivity index (χ3n) is 3.57. The van der Waals surface area contributed by atoms with Crippen LogP contribution in [0.1, 0.15) is 27.3 Å². The van der Waals surface area contributed by atoms with Crippen LogP contribution in [0.2, 0.25) is 0 Å². The summed E-state index contributed by atoms with van der Waals surface area (Å²) in [6.07, 6.45) is 3.55. The zero-order valence-electron chi connectivity index (χ0n) is 11.7. The van der Waals surface area contributed by atoms with Crippen LogP contribution in [-0.2, 0) is 6.54 Å². The lowest BCUT2D eigenvalue weighted by molar-refractivity contribution is 0.0812. The van der Waals surface area contributed by atoms with E-state index in [1.807, 2.05) is 24.3 Å². The minimum atomic E-state index is -0.562. The summed E-state index contributed by atoms with van der Waals surface area (Å²) in [6.45, 7) is 0.395. The van der Waals surface area contributed by atoms with Crippen LogP contribution in [0, 0.1) is 11.3 Å². The number of hydrogen-bond donors (Lipinski definition) is 1. The number of Topliss-reactive ketones (excluding diaryl/α,β-unsaturated/α-hetero) is 2. The number of carbonyl (C=O) groups is 2. The molecule has 0 spiro atoms. The molecule has 108 valence electrons. The van der Waals surface area contributed by atoms with Crippen LogP contribution in [0.4, 0.5) is 0 Å². The van der Waals surface area contributed by atoms with Crippen molar-refractivity contribution in [1.82, 2.24) is 9.55 Å². The number of nitriles is 1. The number of fused-ring (bicyclic) bond motifs is 1. The summed E-state index contributed by atoms with van der Waals surface area (Å²) in [5, 5.41) is 9.39. The number of ketones is 2. The number of H-pyrrole nitrogens is 1. The summed E-state index contributed by atoms with van der Waals surface area (Å²) < 4.78 is 1.64. The van der Waals surface area contributed by atoms with E-state index in [0.29, 0.717) is 17.8 Å². The Labute approximate surface area is 126 Å². The highest BCUT2D eigenvalue weighted by molar-refractivity contribution is 6.50. The largest absolute Gasteiger partial charge is 0.360 e. The van der Waals surface area contributed by atoms with Gasteiger partial charge in [0.15, 0.2) is 0 Å². The third-order valence-corrected chi connectivity index (χ3v) is 3.57. The van der Waals surface area contributed by atoms with E-state index >= 15 is 0 Å². The van der Waals surface area contributed by atoms with Crippen LogP contribution in [0.15, 0.2) is 48.8 Å². The summed E-state index contributed by atoms with van der Waals surface area (Å²) >= 11 is 0. The molecule has 2 heterocycles. The first kappa shape index (κ1) is 13.8. The fraction of sp³-hybridized carbons (Fsp3) is 0.118. The maximum absolute atomic E-state index is 12.5. The van der Waals surface area contributed by atoms with E-state index in [2.05, 4.69) is 4.98 Å². The van der Waals surface area contributed by atoms with Crippen molar-refractivity contribution in [2.75, 3.05) is 0 Å². The normalized spacial score (nSPS) is 10.5. The Kier molecular flexibility index (Phi) is 3.58. The molecule has 1 N–H and O–H groups in total. The zero-order valence-corrected chi connectivity index (χ0v) is 11.7. The number of aromatic amines is 1. The summed E-state index contributed by atoms with van der Waals surface area (Å²) in [6, 6.07) is 12.7. The first-order valence-corrected chi connectivity index (χ1v) is 6.89. The second-order valence-corrected chi connectivity index (χ2v) is 4.90. The molecule has 0 unspecified atom stereocenters. The van der Waals surface area contributed by atoms with Gasteiger partial charge in [-0.15, -0.1) is 0 Å². The van der Waals surface area contributed by atoms with E-state index < -0.39 is 11.6 Å². The second kappa shape index (κ2) is 5.70. The Morgan fingerprint density at radius 3 is 2.77 bits per heavy atom. The fourth-order valence-electron chi connectivity index (χ4n) is 2.48. The molecule has 3 rings (SSSR count). The van der Waals surface area contributed by atoms with Crippen LogP contribution in [0.5, 0.6) is 0 Å². The summed E-state index contributed by atoms with van der Waals surface area (Å²) in [7, 11) is 0. The van der Waals surface area contributed by atoms with Crippen molar-refractivity contribution in [3.05, 3.63) is 60.0 Å². The van der Waals surface area contributed by atoms with Crippen molar-refractivity contribution >= 4 is 22.5 Å². The van der Waals surface area contributed by atoms with E-state index in [0.717, 1.165) is 10.9 Å². The van der Waals surface area contributed by atoms with E-state index in [4.69, 9.17) is 5.26 Å². The Balaban J connectivity index is 1.94. The monoisotopic (exact) mass is 291 g/mol. The SMILES string of the molecule is N#CCCn1cccc1C(=O)C(=O)c1c[nH]c2ccccc12. The summed E-state index contributed by atoms with van der Waals surface area (Å²) in [5.41, 5.74) is 1.50. The van der Waals surface area contributed by atoms with Crippen molar-refractivity contribution in [2.24, 2.45) is 0 Å². The number of aryl methyl sites for hydroxylation is 1. The molecule has 0 aliphatic rings. The Morgan fingerprint density at radius 1 is 1.14 bits per heavy atom. The van der Waals surface area contributed by atoms with Gasteiger partial charge in [0.25, 0.3) is 0 Å². The van der Waals surface area contributed by atoms with E-state index in [9.17, 15) is 9.59 Å². The lowest BCUT2D eigenvalue weighted by Crippen LogP contribution is -2.18. The molecule has 5 nitrogen and oxygen atoms in total. The Bertz CT molecular complexity index is 896. The molecule has 1 aromatic carbocycles. The van der Waals surface area contributed by atoms with Crippen molar-refractivity contribution in [3.63, 3.8) is 0 Å². The predicted molar refractivity (Wildman–Crippen MR) is 81.6 cm³/mol. The maximum Gasteiger partial charge on any atom is 0.249 e. The fourth-order valence-corrected chi connectivity index (χ4v) is 2.48. The number of rotatable bonds is 5. The van der Waals surface area contributed by atoms with Gasteiger partial charge in [-0.05, 0) is 18.2 Å². The summed E-state index contributed by atoms with van der Waals surface area (Å²) in [5.74, 6) is -1.11. The molecule has 0 radical (unpaired) electrons. The van der Waals surface area contributed by atoms with Crippen molar-refractivity contribution in [3.8, 4) is 6.07 Å². The topological polar surface area (TPSA) is 78.7 Å². The van der Waals surface area contributed by atoms with Gasteiger partial charge in [-0.1, -0.05) is 18.2 Å². The molecule has 0 bridgehead atoms. The van der Waals surface area contributed by atoms with Gasteiger partial charge in [0.2, 0.25) is 11.6 Å². The number of benzene rings is 1. The van der Waals surface area contributed by atoms with Gasteiger partial charge in [0, 0.05) is 29.8 Å². The molecule has 0 saturated heterocycles. The molecule has 0 saturated carbocycles. The molecule has 0 atom stereocenters. The molecular formula is C17H13N3O2. The summed E-state index contributed by atoms with van der Waals surface area (Å²) in [4.78, 5) is 28.0. The molecule has 0 fully saturated rings. The van der Waals surface area contributed by atoms with Crippen molar-refractivity contribution in [2.45, 2.75) is 13.0 Å². The number of aromatic nitrogens is 2. The molecular weight excluding hydrogens is 278 g/mol. The molecule has 0 aliphatic heterocycles. The maximum atomic E-state index is 12.5. The highest BCUT2D eigenvalue weighted by atomic mass is 16.2. The van der Waals surface area contributed by atoms with Gasteiger partial charge >= 0.3 is 0 Å². The minimum absolute atomic E-state index is 0.288. The van der Waals surface area contributed by atoms with E-state index in [1.54, 1.807) is 35.2 Å². The van der Waals surface area contributed by atoms with Crippen molar-refractivity contribution in [1.29, 1.82) is 5.26 Å². The molecule has 5 heteroatoms. The Hall–Kier alpha value is -3.13. The predicted octanol–water partition coefficient (Wildman–Crippen LogP) is 2.95. The zero-order chi connectivity index (χ0) is 15.5. The van der Waals surface area contributed by atoms with Gasteiger partial charge in [-0.25, -0.2) is 0 Å². The first-order chi connectivity index (χ1) is 10.7. The van der Waals surface area contributed by atoms with Crippen LogP contribution < -0.4 is 0 Å². The van der Waals surface area contributed by atoms with Crippen LogP contribution >= 0.6 is 0 Å². The average molecular weight is 291 g/mol. The lowest BCUT2D eigenvalue weighted by atomic mass is 10.0. The van der Waals surface area contributed by atoms with Gasteiger partial charge in [0.05, 0.1) is 23.7 Å². The molecule has 0 amide bonds. The Morgan fingerprint density at radius 2 is 1.95 bits per heavy atom. The highest BCUT2D eigenvalue weighted by Gasteiger charge is 2.23. The van der Waals surface area contributed by atoms with E-state index in [1.165, 1.54) is 0 Å². The van der Waals surface area contributed by atoms with Crippen LogP contribution in [0.25, 0.3) is 10.9 Å². The molecule has 0 aliphatic carbocycles. The van der Waals surface area contributed by atoms with E-state index in [-0.39, 0.29) is 6.42 Å². The van der Waals surface area contributed by atoms with Gasteiger partial charge < -0.3 is 9.55 Å². The van der Waals surface area contributed by atoms with Gasteiger partial charge in [-0.3, -0.25) is 9.59 Å². The number of para-hydroxylation sites is 1. The molecule has 3 aromatic rings. The third kappa shape index (κ3) is 2.31. The molecule has 2 aromatic heterocycles. The van der Waals surface area contributed by atoms with Crippen LogP contribution in [0.3, 0.4) is 0 Å². The number of hydrogen-bond acceptors (Lipinski definition) is 3. The quantitative estimate of drug-likeness (QED) is 0.580. The first-order valence-electron chi connectivity index (χ1n) is 6.89. The number of nitrogens with one attached hydrogen (secondary N) is 1. The average Bonchev–Trinajstić information content (AvgIpc) is 3.18. The van der Waals surface area contributed by atoms with Gasteiger partial charge in [-0.2, -0.15) is 5.26 Å². The highest BCUT2D eigenvalue weighted by Crippen LogP contribution is 2.20. The van der Waals surface area contributed by atoms with Gasteiger partial charge in [0.1, 0.15) is 0 Å². The smallest absolute Gasteiger partial charge is 0.249 e. The number of carbonyl (C=O) groups excluding carboxylic acids is 2. The minimum Gasteiger partial charge on any atom is -0.360 e. The lowest BCUT2D eigenvalue weighted by Gasteiger charge is -2.05. The van der Waals surface area contributed by atoms with Crippen LogP contribution in [-0.4, -0.2) is 21.1 Å². The molecule has 22 heavy (non-hydrogen) atoms. The second-order valence-electron chi connectivity index (χ2n) is 4.90. The standard InChI is InChI=1S/C17H13N3O2/c18-8-4-10-20-9-3-7-15(20)17(22)16(21)13-11-19-14-6-2-1-5-12(13)14/h1-3,5-7,9,11,19H,4,10H2. The number of nitrogens with zero attached hydrogens (tertiary/aromatic N) is 2.